The minimum atomic E-state index is -0.637. The van der Waals surface area contributed by atoms with E-state index in [0.717, 1.165) is 6.42 Å². The van der Waals surface area contributed by atoms with Crippen LogP contribution in [0.15, 0.2) is 12.1 Å². The molecule has 0 fully saturated rings. The summed E-state index contributed by atoms with van der Waals surface area (Å²) in [5.74, 6) is 0.389. The molecule has 0 saturated carbocycles. The zero-order valence-electron chi connectivity index (χ0n) is 10.9. The number of aromatic nitrogens is 1. The first-order valence-corrected chi connectivity index (χ1v) is 5.90. The third-order valence-corrected chi connectivity index (χ3v) is 3.05. The van der Waals surface area contributed by atoms with Gasteiger partial charge < -0.3 is 10.4 Å². The van der Waals surface area contributed by atoms with Gasteiger partial charge in [0, 0.05) is 18.2 Å². The number of nitrogens with one attached hydrogen (secondary N) is 1. The molecule has 1 aromatic heterocycles. The number of hydrogen-bond acceptors (Lipinski definition) is 6. The molecule has 7 nitrogen and oxygen atoms in total. The van der Waals surface area contributed by atoms with E-state index in [1.807, 2.05) is 13.8 Å². The Morgan fingerprint density at radius 1 is 1.63 bits per heavy atom. The predicted octanol–water partition coefficient (Wildman–Crippen LogP) is 1.82. The Morgan fingerprint density at radius 2 is 2.32 bits per heavy atom. The van der Waals surface area contributed by atoms with Crippen molar-refractivity contribution in [2.75, 3.05) is 11.9 Å². The van der Waals surface area contributed by atoms with E-state index in [4.69, 9.17) is 10.4 Å². The summed E-state index contributed by atoms with van der Waals surface area (Å²) in [7, 11) is 0. The Morgan fingerprint density at radius 3 is 2.79 bits per heavy atom. The van der Waals surface area contributed by atoms with Gasteiger partial charge in [0.25, 0.3) is 0 Å². The second kappa shape index (κ2) is 6.11. The summed E-state index contributed by atoms with van der Waals surface area (Å²) >= 11 is 0. The first kappa shape index (κ1) is 14.9. The smallest absolute Gasteiger partial charge is 0.305 e. The van der Waals surface area contributed by atoms with E-state index in [2.05, 4.69) is 10.3 Å². The fourth-order valence-electron chi connectivity index (χ4n) is 1.63. The van der Waals surface area contributed by atoms with E-state index < -0.39 is 4.92 Å². The Labute approximate surface area is 111 Å². The van der Waals surface area contributed by atoms with E-state index in [1.54, 1.807) is 6.07 Å². The zero-order chi connectivity index (χ0) is 14.5. The normalized spacial score (nSPS) is 13.4. The fraction of sp³-hybridized carbons (Fsp3) is 0.500. The van der Waals surface area contributed by atoms with Crippen LogP contribution >= 0.6 is 0 Å². The molecule has 0 spiro atoms. The van der Waals surface area contributed by atoms with Crippen LogP contribution < -0.4 is 5.32 Å². The molecule has 2 N–H and O–H groups in total. The molecule has 1 unspecified atom stereocenters. The van der Waals surface area contributed by atoms with Crippen LogP contribution in [0.1, 0.15) is 32.4 Å². The van der Waals surface area contributed by atoms with Gasteiger partial charge in [0.1, 0.15) is 11.9 Å². The molecule has 1 atom stereocenters. The molecule has 0 aliphatic carbocycles. The van der Waals surface area contributed by atoms with Crippen molar-refractivity contribution in [2.24, 2.45) is 0 Å². The van der Waals surface area contributed by atoms with Gasteiger partial charge in [-0.25, -0.2) is 4.98 Å². The lowest BCUT2D eigenvalue weighted by Gasteiger charge is -2.29. The van der Waals surface area contributed by atoms with Crippen LogP contribution in [-0.4, -0.2) is 27.2 Å². The van der Waals surface area contributed by atoms with Crippen LogP contribution in [0.2, 0.25) is 0 Å². The summed E-state index contributed by atoms with van der Waals surface area (Å²) in [6.45, 7) is 3.90. The molecular weight excluding hydrogens is 248 g/mol. The SMILES string of the molecule is CCC(C)(CCO)Nc1ccc([N+](=O)[O-])c(C#N)n1. The highest BCUT2D eigenvalue weighted by molar-refractivity contribution is 5.51. The lowest BCUT2D eigenvalue weighted by molar-refractivity contribution is -0.385. The third kappa shape index (κ3) is 3.63. The molecule has 0 saturated heterocycles. The van der Waals surface area contributed by atoms with Crippen molar-refractivity contribution in [1.29, 1.82) is 5.26 Å². The highest BCUT2D eigenvalue weighted by Crippen LogP contribution is 2.23. The predicted molar refractivity (Wildman–Crippen MR) is 69.6 cm³/mol. The average molecular weight is 264 g/mol. The number of nitro groups is 1. The second-order valence-corrected chi connectivity index (χ2v) is 4.45. The van der Waals surface area contributed by atoms with Crippen molar-refractivity contribution in [3.05, 3.63) is 27.9 Å². The number of aliphatic hydroxyl groups excluding tert-OH is 1. The molecule has 7 heteroatoms. The van der Waals surface area contributed by atoms with Crippen LogP contribution in [0.25, 0.3) is 0 Å². The quantitative estimate of drug-likeness (QED) is 0.598. The van der Waals surface area contributed by atoms with E-state index >= 15 is 0 Å². The number of nitrogens with zero attached hydrogens (tertiary/aromatic N) is 3. The molecule has 0 bridgehead atoms. The van der Waals surface area contributed by atoms with E-state index in [0.29, 0.717) is 12.2 Å². The van der Waals surface area contributed by atoms with Gasteiger partial charge in [-0.2, -0.15) is 5.26 Å². The van der Waals surface area contributed by atoms with E-state index in [9.17, 15) is 10.1 Å². The van der Waals surface area contributed by atoms with Crippen LogP contribution in [0, 0.1) is 21.4 Å². The first-order valence-electron chi connectivity index (χ1n) is 5.90. The molecule has 0 aromatic carbocycles. The summed E-state index contributed by atoms with van der Waals surface area (Å²) < 4.78 is 0. The maximum atomic E-state index is 10.7. The number of anilines is 1. The average Bonchev–Trinajstić information content (AvgIpc) is 2.38. The molecule has 0 aliphatic rings. The summed E-state index contributed by atoms with van der Waals surface area (Å²) in [5.41, 5.74) is -0.907. The van der Waals surface area contributed by atoms with Gasteiger partial charge in [-0.15, -0.1) is 0 Å². The molecule has 1 heterocycles. The molecule has 1 rings (SSSR count). The molecule has 19 heavy (non-hydrogen) atoms. The largest absolute Gasteiger partial charge is 0.396 e. The number of pyridine rings is 1. The third-order valence-electron chi connectivity index (χ3n) is 3.05. The van der Waals surface area contributed by atoms with Crippen molar-refractivity contribution in [1.82, 2.24) is 4.98 Å². The molecule has 0 amide bonds. The topological polar surface area (TPSA) is 112 Å². The van der Waals surface area contributed by atoms with Crippen molar-refractivity contribution in [3.8, 4) is 6.07 Å². The second-order valence-electron chi connectivity index (χ2n) is 4.45. The van der Waals surface area contributed by atoms with E-state index in [1.165, 1.54) is 12.1 Å². The fourth-order valence-corrected chi connectivity index (χ4v) is 1.63. The van der Waals surface area contributed by atoms with Crippen LogP contribution in [0.3, 0.4) is 0 Å². The lowest BCUT2D eigenvalue weighted by atomic mass is 9.95. The zero-order valence-corrected chi connectivity index (χ0v) is 10.9. The van der Waals surface area contributed by atoms with Gasteiger partial charge in [-0.05, 0) is 25.8 Å². The van der Waals surface area contributed by atoms with Gasteiger partial charge >= 0.3 is 5.69 Å². The first-order chi connectivity index (χ1) is 8.95. The molecule has 102 valence electrons. The Hall–Kier alpha value is -2.20. The van der Waals surface area contributed by atoms with Crippen LogP contribution in [0.5, 0.6) is 0 Å². The highest BCUT2D eigenvalue weighted by atomic mass is 16.6. The standard InChI is InChI=1S/C12H16N4O3/c1-3-12(2,6-7-17)15-11-5-4-10(16(18)19)9(8-13)14-11/h4-5,17H,3,6-7H2,1-2H3,(H,14,15). The molecular formula is C12H16N4O3. The molecule has 0 aliphatic heterocycles. The monoisotopic (exact) mass is 264 g/mol. The number of rotatable bonds is 6. The Bertz CT molecular complexity index is 512. The molecule has 1 aromatic rings. The summed E-state index contributed by atoms with van der Waals surface area (Å²) in [6.07, 6.45) is 1.26. The summed E-state index contributed by atoms with van der Waals surface area (Å²) in [4.78, 5) is 14.0. The number of aliphatic hydroxyl groups is 1. The van der Waals surface area contributed by atoms with Gasteiger partial charge in [-0.3, -0.25) is 10.1 Å². The van der Waals surface area contributed by atoms with Crippen molar-refractivity contribution >= 4 is 11.5 Å². The summed E-state index contributed by atoms with van der Waals surface area (Å²) in [5, 5.41) is 31.7. The lowest BCUT2D eigenvalue weighted by Crippen LogP contribution is -2.35. The minimum absolute atomic E-state index is 0.0232. The van der Waals surface area contributed by atoms with Crippen molar-refractivity contribution < 1.29 is 10.0 Å². The molecule has 0 radical (unpaired) electrons. The maximum Gasteiger partial charge on any atom is 0.305 e. The van der Waals surface area contributed by atoms with Crippen molar-refractivity contribution in [3.63, 3.8) is 0 Å². The maximum absolute atomic E-state index is 10.7. The number of nitriles is 1. The minimum Gasteiger partial charge on any atom is -0.396 e. The Balaban J connectivity index is 3.04. The van der Waals surface area contributed by atoms with Crippen LogP contribution in [0.4, 0.5) is 11.5 Å². The van der Waals surface area contributed by atoms with E-state index in [-0.39, 0.29) is 23.5 Å². The Kier molecular flexibility index (Phi) is 4.78. The van der Waals surface area contributed by atoms with Crippen molar-refractivity contribution in [2.45, 2.75) is 32.2 Å². The van der Waals surface area contributed by atoms with Gasteiger partial charge in [-0.1, -0.05) is 6.92 Å². The van der Waals surface area contributed by atoms with Gasteiger partial charge in [0.05, 0.1) is 4.92 Å². The van der Waals surface area contributed by atoms with Crippen LogP contribution in [-0.2, 0) is 0 Å². The highest BCUT2D eigenvalue weighted by Gasteiger charge is 2.23. The summed E-state index contributed by atoms with van der Waals surface area (Å²) in [6, 6.07) is 4.43. The van der Waals surface area contributed by atoms with Gasteiger partial charge in [0.2, 0.25) is 5.69 Å². The number of hydrogen-bond donors (Lipinski definition) is 2. The van der Waals surface area contributed by atoms with Gasteiger partial charge in [0.15, 0.2) is 0 Å².